The number of rotatable bonds is 15. The van der Waals surface area contributed by atoms with Crippen LogP contribution < -0.4 is 5.73 Å². The summed E-state index contributed by atoms with van der Waals surface area (Å²) in [5.74, 6) is 5.81. The first kappa shape index (κ1) is 29.2. The van der Waals surface area contributed by atoms with Crippen LogP contribution in [-0.2, 0) is 0 Å². The van der Waals surface area contributed by atoms with Crippen molar-refractivity contribution < 1.29 is 0 Å². The van der Waals surface area contributed by atoms with Gasteiger partial charge in [-0.1, -0.05) is 112 Å². The van der Waals surface area contributed by atoms with E-state index >= 15 is 0 Å². The van der Waals surface area contributed by atoms with Crippen LogP contribution in [0.2, 0.25) is 0 Å². The van der Waals surface area contributed by atoms with E-state index in [1.54, 1.807) is 0 Å². The number of nitrogens with two attached hydrogens (primary N) is 1. The summed E-state index contributed by atoms with van der Waals surface area (Å²) in [4.78, 5) is 0. The SMILES string of the molecule is CCCC(CCCC[C@@H]1C[C@@](C)(CCCCC(N)CC)[C@H](C)C[C@@H]1C)C[C@H]1CCCC(C)C1. The van der Waals surface area contributed by atoms with Crippen molar-refractivity contribution in [3.05, 3.63) is 0 Å². The maximum absolute atomic E-state index is 6.16. The monoisotopic (exact) mass is 461 g/mol. The van der Waals surface area contributed by atoms with E-state index in [1.165, 1.54) is 109 Å². The fourth-order valence-electron chi connectivity index (χ4n) is 7.78. The van der Waals surface area contributed by atoms with Crippen molar-refractivity contribution in [3.8, 4) is 0 Å². The highest BCUT2D eigenvalue weighted by atomic mass is 14.6. The first-order valence-corrected chi connectivity index (χ1v) is 15.5. The molecule has 2 rings (SSSR count). The molecule has 3 unspecified atom stereocenters. The summed E-state index contributed by atoms with van der Waals surface area (Å²) in [6.07, 6.45) is 25.8. The summed E-state index contributed by atoms with van der Waals surface area (Å²) in [7, 11) is 0. The Labute approximate surface area is 209 Å². The van der Waals surface area contributed by atoms with Crippen LogP contribution in [0.5, 0.6) is 0 Å². The maximum atomic E-state index is 6.16. The van der Waals surface area contributed by atoms with Crippen LogP contribution in [0.15, 0.2) is 0 Å². The Balaban J connectivity index is 1.74. The smallest absolute Gasteiger partial charge is 0.00362 e. The van der Waals surface area contributed by atoms with Gasteiger partial charge in [0.05, 0.1) is 0 Å². The molecule has 0 saturated heterocycles. The Hall–Kier alpha value is -0.0400. The van der Waals surface area contributed by atoms with Crippen molar-refractivity contribution in [1.29, 1.82) is 0 Å². The molecule has 0 aliphatic heterocycles. The lowest BCUT2D eigenvalue weighted by atomic mass is 9.58. The van der Waals surface area contributed by atoms with Crippen LogP contribution in [0.25, 0.3) is 0 Å². The van der Waals surface area contributed by atoms with Crippen LogP contribution in [0.4, 0.5) is 0 Å². The molecule has 1 heteroatoms. The first-order chi connectivity index (χ1) is 15.8. The zero-order chi connectivity index (χ0) is 24.3. The highest BCUT2D eigenvalue weighted by Gasteiger charge is 2.40. The summed E-state index contributed by atoms with van der Waals surface area (Å²) in [6.45, 7) is 14.8. The molecule has 196 valence electrons. The molecule has 0 heterocycles. The van der Waals surface area contributed by atoms with E-state index in [9.17, 15) is 0 Å². The van der Waals surface area contributed by atoms with Crippen LogP contribution in [0.1, 0.15) is 157 Å². The van der Waals surface area contributed by atoms with Crippen molar-refractivity contribution in [3.63, 3.8) is 0 Å². The number of unbranched alkanes of at least 4 members (excludes halogenated alkanes) is 2. The van der Waals surface area contributed by atoms with Gasteiger partial charge in [0.15, 0.2) is 0 Å². The van der Waals surface area contributed by atoms with E-state index in [2.05, 4.69) is 41.5 Å². The average Bonchev–Trinajstić information content (AvgIpc) is 2.77. The summed E-state index contributed by atoms with van der Waals surface area (Å²) in [5, 5.41) is 0. The van der Waals surface area contributed by atoms with Crippen molar-refractivity contribution >= 4 is 0 Å². The van der Waals surface area contributed by atoms with Gasteiger partial charge in [-0.3, -0.25) is 0 Å². The molecule has 1 nitrogen and oxygen atoms in total. The lowest BCUT2D eigenvalue weighted by Gasteiger charge is -2.47. The molecule has 2 aliphatic rings. The van der Waals surface area contributed by atoms with Gasteiger partial charge in [-0.05, 0) is 85.9 Å². The third kappa shape index (κ3) is 10.2. The lowest BCUT2D eigenvalue weighted by molar-refractivity contribution is 0.0340. The summed E-state index contributed by atoms with van der Waals surface area (Å²) in [6, 6.07) is 0.424. The molecular weight excluding hydrogens is 398 g/mol. The lowest BCUT2D eigenvalue weighted by Crippen LogP contribution is -2.37. The molecule has 0 spiro atoms. The third-order valence-corrected chi connectivity index (χ3v) is 10.4. The Kier molecular flexibility index (Phi) is 13.4. The molecule has 2 aliphatic carbocycles. The van der Waals surface area contributed by atoms with Crippen molar-refractivity contribution in [2.75, 3.05) is 0 Å². The van der Waals surface area contributed by atoms with E-state index in [1.807, 2.05) is 0 Å². The third-order valence-electron chi connectivity index (χ3n) is 10.4. The van der Waals surface area contributed by atoms with E-state index in [-0.39, 0.29) is 0 Å². The standard InChI is InChI=1S/C32H63N/c1-7-14-28(23-29-17-13-15-25(3)21-29)16-9-10-18-30-24-32(6,27(5)22-26(30)4)20-12-11-19-31(33)8-2/h25-31H,7-24,33H2,1-6H3/t25?,26-,27+,28?,29-,30+,31?,32+/m0/s1. The summed E-state index contributed by atoms with van der Waals surface area (Å²) < 4.78 is 0. The van der Waals surface area contributed by atoms with Crippen LogP contribution in [0.3, 0.4) is 0 Å². The van der Waals surface area contributed by atoms with Gasteiger partial charge >= 0.3 is 0 Å². The van der Waals surface area contributed by atoms with Crippen molar-refractivity contribution in [1.82, 2.24) is 0 Å². The van der Waals surface area contributed by atoms with E-state index < -0.39 is 0 Å². The zero-order valence-electron chi connectivity index (χ0n) is 23.8. The largest absolute Gasteiger partial charge is 0.328 e. The topological polar surface area (TPSA) is 26.0 Å². The summed E-state index contributed by atoms with van der Waals surface area (Å²) >= 11 is 0. The second kappa shape index (κ2) is 15.2. The predicted molar refractivity (Wildman–Crippen MR) is 148 cm³/mol. The molecule has 0 bridgehead atoms. The Morgan fingerprint density at radius 3 is 2.36 bits per heavy atom. The molecule has 8 atom stereocenters. The van der Waals surface area contributed by atoms with E-state index in [4.69, 9.17) is 5.73 Å². The minimum atomic E-state index is 0.424. The number of hydrogen-bond donors (Lipinski definition) is 1. The molecule has 0 radical (unpaired) electrons. The fourth-order valence-corrected chi connectivity index (χ4v) is 7.78. The van der Waals surface area contributed by atoms with Crippen molar-refractivity contribution in [2.45, 2.75) is 163 Å². The van der Waals surface area contributed by atoms with Gasteiger partial charge in [-0.2, -0.15) is 0 Å². The fraction of sp³-hybridized carbons (Fsp3) is 1.00. The zero-order valence-corrected chi connectivity index (χ0v) is 23.8. The molecule has 33 heavy (non-hydrogen) atoms. The minimum absolute atomic E-state index is 0.424. The molecule has 2 N–H and O–H groups in total. The highest BCUT2D eigenvalue weighted by molar-refractivity contribution is 4.90. The van der Waals surface area contributed by atoms with Gasteiger partial charge < -0.3 is 5.73 Å². The normalized spacial score (nSPS) is 34.8. The molecular formula is C32H63N. The molecule has 2 fully saturated rings. The quantitative estimate of drug-likeness (QED) is 0.241. The van der Waals surface area contributed by atoms with Gasteiger partial charge in [0.2, 0.25) is 0 Å². The summed E-state index contributed by atoms with van der Waals surface area (Å²) in [5.41, 5.74) is 6.72. The van der Waals surface area contributed by atoms with E-state index in [0.717, 1.165) is 41.9 Å². The molecule has 2 saturated carbocycles. The average molecular weight is 462 g/mol. The molecule has 0 aromatic heterocycles. The Morgan fingerprint density at radius 2 is 1.67 bits per heavy atom. The van der Waals surface area contributed by atoms with Gasteiger partial charge in [-0.25, -0.2) is 0 Å². The van der Waals surface area contributed by atoms with Gasteiger partial charge in [0.25, 0.3) is 0 Å². The van der Waals surface area contributed by atoms with Gasteiger partial charge in [0, 0.05) is 6.04 Å². The van der Waals surface area contributed by atoms with Crippen LogP contribution in [0, 0.1) is 40.9 Å². The maximum Gasteiger partial charge on any atom is 0.00362 e. The highest BCUT2D eigenvalue weighted by Crippen LogP contribution is 2.50. The minimum Gasteiger partial charge on any atom is -0.328 e. The van der Waals surface area contributed by atoms with Crippen molar-refractivity contribution in [2.24, 2.45) is 46.7 Å². The van der Waals surface area contributed by atoms with E-state index in [0.29, 0.717) is 11.5 Å². The molecule has 0 aromatic carbocycles. The second-order valence-corrected chi connectivity index (χ2v) is 13.5. The second-order valence-electron chi connectivity index (χ2n) is 13.5. The van der Waals surface area contributed by atoms with Crippen LogP contribution >= 0.6 is 0 Å². The Morgan fingerprint density at radius 1 is 0.909 bits per heavy atom. The Bertz CT molecular complexity index is 501. The van der Waals surface area contributed by atoms with Gasteiger partial charge in [-0.15, -0.1) is 0 Å². The first-order valence-electron chi connectivity index (χ1n) is 15.5. The molecule has 0 aromatic rings. The predicted octanol–water partition coefficient (Wildman–Crippen LogP) is 10.2. The van der Waals surface area contributed by atoms with Gasteiger partial charge in [0.1, 0.15) is 0 Å². The van der Waals surface area contributed by atoms with Crippen LogP contribution in [-0.4, -0.2) is 6.04 Å². The molecule has 0 amide bonds. The number of hydrogen-bond acceptors (Lipinski definition) is 1.